The van der Waals surface area contributed by atoms with Crippen LogP contribution >= 0.6 is 0 Å². The number of anilines is 2. The van der Waals surface area contributed by atoms with Crippen LogP contribution in [-0.4, -0.2) is 50.5 Å². The number of aryl methyl sites for hydroxylation is 3. The molecular formula is C25H28N6O3. The van der Waals surface area contributed by atoms with E-state index >= 15 is 0 Å². The zero-order valence-electron chi connectivity index (χ0n) is 19.6. The molecule has 1 amide bonds. The number of pyridine rings is 1. The van der Waals surface area contributed by atoms with Gasteiger partial charge in [-0.15, -0.1) is 0 Å². The molecule has 176 valence electrons. The van der Waals surface area contributed by atoms with E-state index in [1.165, 1.54) is 6.26 Å². The summed E-state index contributed by atoms with van der Waals surface area (Å²) in [6.07, 6.45) is 4.88. The Hall–Kier alpha value is -3.72. The van der Waals surface area contributed by atoms with Crippen molar-refractivity contribution in [1.82, 2.24) is 19.7 Å². The van der Waals surface area contributed by atoms with Gasteiger partial charge in [0, 0.05) is 49.6 Å². The number of aliphatic hydroxyl groups is 1. The molecule has 4 heterocycles. The standard InChI is InChI=1S/C25H28N6O3/c1-15-10-18(4-7-26-15)25-28-21(14-34-25)24(33)27-20-12-22-19(16(2)29-30(22)3)11-23(20)31-8-5-17(13-32)6-9-31/h4,7,10-12,14,17,32H,5-6,8-9,13H2,1-3H3,(H,27,33). The first-order valence-electron chi connectivity index (χ1n) is 11.5. The molecule has 1 saturated heterocycles. The highest BCUT2D eigenvalue weighted by Gasteiger charge is 2.24. The van der Waals surface area contributed by atoms with E-state index in [9.17, 15) is 9.90 Å². The molecule has 0 unspecified atom stereocenters. The maximum Gasteiger partial charge on any atom is 0.277 e. The number of amides is 1. The average molecular weight is 461 g/mol. The number of rotatable bonds is 5. The molecule has 0 aliphatic carbocycles. The molecule has 1 aliphatic heterocycles. The zero-order chi connectivity index (χ0) is 23.8. The number of hydrogen-bond acceptors (Lipinski definition) is 7. The fraction of sp³-hybridized carbons (Fsp3) is 0.360. The monoisotopic (exact) mass is 460 g/mol. The topological polar surface area (TPSA) is 109 Å². The second-order valence-corrected chi connectivity index (χ2v) is 8.89. The molecule has 34 heavy (non-hydrogen) atoms. The molecule has 1 aromatic carbocycles. The van der Waals surface area contributed by atoms with E-state index < -0.39 is 0 Å². The Kier molecular flexibility index (Phi) is 5.79. The SMILES string of the molecule is Cc1cc(-c2nc(C(=O)Nc3cc4c(cc3N3CCC(CO)CC3)c(C)nn4C)co2)ccn1. The van der Waals surface area contributed by atoms with Crippen LogP contribution in [0.3, 0.4) is 0 Å². The van der Waals surface area contributed by atoms with Crippen molar-refractivity contribution in [2.75, 3.05) is 29.9 Å². The maximum absolute atomic E-state index is 13.2. The molecule has 0 saturated carbocycles. The van der Waals surface area contributed by atoms with Crippen molar-refractivity contribution >= 4 is 28.2 Å². The third-order valence-electron chi connectivity index (χ3n) is 6.49. The highest BCUT2D eigenvalue weighted by Crippen LogP contribution is 2.35. The number of nitrogens with one attached hydrogen (secondary N) is 1. The summed E-state index contributed by atoms with van der Waals surface area (Å²) in [5.74, 6) is 0.355. The van der Waals surface area contributed by atoms with Gasteiger partial charge in [-0.2, -0.15) is 5.10 Å². The molecule has 0 radical (unpaired) electrons. The van der Waals surface area contributed by atoms with Gasteiger partial charge in [-0.25, -0.2) is 4.98 Å². The van der Waals surface area contributed by atoms with Crippen LogP contribution in [-0.2, 0) is 7.05 Å². The van der Waals surface area contributed by atoms with Crippen molar-refractivity contribution in [3.63, 3.8) is 0 Å². The van der Waals surface area contributed by atoms with Crippen molar-refractivity contribution in [1.29, 1.82) is 0 Å². The number of carbonyl (C=O) groups is 1. The molecule has 3 aromatic heterocycles. The highest BCUT2D eigenvalue weighted by atomic mass is 16.3. The number of fused-ring (bicyclic) bond motifs is 1. The summed E-state index contributed by atoms with van der Waals surface area (Å²) >= 11 is 0. The summed E-state index contributed by atoms with van der Waals surface area (Å²) in [6.45, 7) is 5.72. The number of oxazole rings is 1. The molecule has 1 fully saturated rings. The fourth-order valence-electron chi connectivity index (χ4n) is 4.56. The predicted molar refractivity (Wildman–Crippen MR) is 130 cm³/mol. The molecule has 0 atom stereocenters. The van der Waals surface area contributed by atoms with Crippen molar-refractivity contribution in [3.05, 3.63) is 53.8 Å². The van der Waals surface area contributed by atoms with Crippen LogP contribution in [0.25, 0.3) is 22.4 Å². The summed E-state index contributed by atoms with van der Waals surface area (Å²) in [7, 11) is 1.90. The Morgan fingerprint density at radius 2 is 2.03 bits per heavy atom. The maximum atomic E-state index is 13.2. The molecule has 9 nitrogen and oxygen atoms in total. The summed E-state index contributed by atoms with van der Waals surface area (Å²) in [6, 6.07) is 7.72. The summed E-state index contributed by atoms with van der Waals surface area (Å²) in [5.41, 5.74) is 5.34. The highest BCUT2D eigenvalue weighted by molar-refractivity contribution is 6.06. The van der Waals surface area contributed by atoms with Crippen LogP contribution in [0.5, 0.6) is 0 Å². The first-order valence-corrected chi connectivity index (χ1v) is 11.5. The lowest BCUT2D eigenvalue weighted by molar-refractivity contribution is 0.102. The van der Waals surface area contributed by atoms with Gasteiger partial charge in [-0.3, -0.25) is 14.5 Å². The first kappa shape index (κ1) is 22.1. The van der Waals surface area contributed by atoms with E-state index in [-0.39, 0.29) is 18.2 Å². The summed E-state index contributed by atoms with van der Waals surface area (Å²) in [5, 5.41) is 18.2. The number of piperidine rings is 1. The van der Waals surface area contributed by atoms with Crippen LogP contribution in [0.4, 0.5) is 11.4 Å². The Labute approximate surface area is 197 Å². The number of aromatic nitrogens is 4. The predicted octanol–water partition coefficient (Wildman–Crippen LogP) is 3.70. The summed E-state index contributed by atoms with van der Waals surface area (Å²) < 4.78 is 7.40. The van der Waals surface area contributed by atoms with Crippen LogP contribution < -0.4 is 10.2 Å². The molecule has 4 aromatic rings. The minimum atomic E-state index is -0.342. The van der Waals surface area contributed by atoms with Crippen molar-refractivity contribution in [2.24, 2.45) is 13.0 Å². The fourth-order valence-corrected chi connectivity index (χ4v) is 4.56. The third-order valence-corrected chi connectivity index (χ3v) is 6.49. The molecule has 1 aliphatic rings. The van der Waals surface area contributed by atoms with Gasteiger partial charge in [-0.1, -0.05) is 0 Å². The molecule has 2 N–H and O–H groups in total. The number of nitrogens with zero attached hydrogens (tertiary/aromatic N) is 5. The second kappa shape index (κ2) is 8.90. The average Bonchev–Trinajstić information content (AvgIpc) is 3.44. The molecular weight excluding hydrogens is 432 g/mol. The summed E-state index contributed by atoms with van der Waals surface area (Å²) in [4.78, 5) is 24.0. The smallest absolute Gasteiger partial charge is 0.277 e. The Morgan fingerprint density at radius 1 is 1.24 bits per heavy atom. The van der Waals surface area contributed by atoms with Gasteiger partial charge in [0.2, 0.25) is 5.89 Å². The zero-order valence-corrected chi connectivity index (χ0v) is 19.6. The van der Waals surface area contributed by atoms with Crippen molar-refractivity contribution < 1.29 is 14.3 Å². The van der Waals surface area contributed by atoms with Gasteiger partial charge < -0.3 is 19.7 Å². The van der Waals surface area contributed by atoms with E-state index in [0.29, 0.717) is 17.5 Å². The number of aliphatic hydroxyl groups excluding tert-OH is 1. The lowest BCUT2D eigenvalue weighted by Gasteiger charge is -2.34. The minimum absolute atomic E-state index is 0.204. The van der Waals surface area contributed by atoms with Crippen LogP contribution in [0.15, 0.2) is 41.1 Å². The van der Waals surface area contributed by atoms with Crippen LogP contribution in [0, 0.1) is 19.8 Å². The molecule has 0 spiro atoms. The van der Waals surface area contributed by atoms with Gasteiger partial charge in [-0.05, 0) is 56.9 Å². The number of benzene rings is 1. The Balaban J connectivity index is 1.46. The number of hydrogen-bond donors (Lipinski definition) is 2. The lowest BCUT2D eigenvalue weighted by Crippen LogP contribution is -2.35. The Morgan fingerprint density at radius 3 is 2.76 bits per heavy atom. The van der Waals surface area contributed by atoms with Crippen molar-refractivity contribution in [3.8, 4) is 11.5 Å². The van der Waals surface area contributed by atoms with Gasteiger partial charge in [0.15, 0.2) is 5.69 Å². The largest absolute Gasteiger partial charge is 0.444 e. The normalized spacial score (nSPS) is 14.6. The molecule has 5 rings (SSSR count). The quantitative estimate of drug-likeness (QED) is 0.467. The van der Waals surface area contributed by atoms with Gasteiger partial charge in [0.25, 0.3) is 5.91 Å². The van der Waals surface area contributed by atoms with Gasteiger partial charge in [0.1, 0.15) is 6.26 Å². The van der Waals surface area contributed by atoms with E-state index in [4.69, 9.17) is 4.42 Å². The van der Waals surface area contributed by atoms with Gasteiger partial charge in [0.05, 0.1) is 22.6 Å². The second-order valence-electron chi connectivity index (χ2n) is 8.89. The van der Waals surface area contributed by atoms with Crippen LogP contribution in [0.2, 0.25) is 0 Å². The third kappa shape index (κ3) is 4.14. The van der Waals surface area contributed by atoms with E-state index in [0.717, 1.165) is 59.5 Å². The Bertz CT molecular complexity index is 1350. The van der Waals surface area contributed by atoms with E-state index in [1.807, 2.05) is 37.7 Å². The first-order chi connectivity index (χ1) is 16.4. The molecule has 0 bridgehead atoms. The van der Waals surface area contributed by atoms with Crippen LogP contribution in [0.1, 0.15) is 34.7 Å². The van der Waals surface area contributed by atoms with Gasteiger partial charge >= 0.3 is 0 Å². The minimum Gasteiger partial charge on any atom is -0.444 e. The van der Waals surface area contributed by atoms with Crippen molar-refractivity contribution in [2.45, 2.75) is 26.7 Å². The van der Waals surface area contributed by atoms with E-state index in [1.54, 1.807) is 12.3 Å². The van der Waals surface area contributed by atoms with E-state index in [2.05, 4.69) is 31.3 Å². The lowest BCUT2D eigenvalue weighted by atomic mass is 9.97. The molecule has 9 heteroatoms. The number of carbonyl (C=O) groups excluding carboxylic acids is 1.